The van der Waals surface area contributed by atoms with Crippen molar-refractivity contribution in [2.75, 3.05) is 39.8 Å². The average molecular weight is 530 g/mol. The predicted octanol–water partition coefficient (Wildman–Crippen LogP) is 3.15. The van der Waals surface area contributed by atoms with E-state index in [9.17, 15) is 9.59 Å². The molecule has 2 amide bonds. The number of nitrogens with one attached hydrogen (secondary N) is 1. The molecule has 2 bridgehead atoms. The van der Waals surface area contributed by atoms with Gasteiger partial charge < -0.3 is 15.1 Å². The molecule has 1 aromatic rings. The van der Waals surface area contributed by atoms with Crippen molar-refractivity contribution in [1.82, 2.24) is 20.0 Å². The minimum absolute atomic E-state index is 0.221. The number of nitrogens with zero attached hydrogens (tertiary/aromatic N) is 3. The number of likely N-dealkylation sites (tertiary alicyclic amines) is 1. The molecule has 2 aliphatic heterocycles. The fourth-order valence-electron chi connectivity index (χ4n) is 7.37. The van der Waals surface area contributed by atoms with Gasteiger partial charge in [0.2, 0.25) is 11.8 Å². The number of hydrogen-bond acceptors (Lipinski definition) is 4. The Bertz CT molecular complexity index is 948. The van der Waals surface area contributed by atoms with Crippen molar-refractivity contribution < 1.29 is 9.59 Å². The van der Waals surface area contributed by atoms with Gasteiger partial charge in [-0.05, 0) is 69.2 Å². The summed E-state index contributed by atoms with van der Waals surface area (Å²) in [4.78, 5) is 34.3. The van der Waals surface area contributed by atoms with Gasteiger partial charge in [0, 0.05) is 49.3 Å². The van der Waals surface area contributed by atoms with Crippen molar-refractivity contribution in [3.63, 3.8) is 0 Å². The molecule has 7 heteroatoms. The van der Waals surface area contributed by atoms with Gasteiger partial charge in [0.05, 0.1) is 5.41 Å². The highest BCUT2D eigenvalue weighted by molar-refractivity contribution is 9.10. The third-order valence-electron chi connectivity index (χ3n) is 9.64. The lowest BCUT2D eigenvalue weighted by Crippen LogP contribution is -2.59. The first-order valence-electron chi connectivity index (χ1n) is 13.2. The van der Waals surface area contributed by atoms with Gasteiger partial charge in [-0.25, -0.2) is 0 Å². The summed E-state index contributed by atoms with van der Waals surface area (Å²) in [6.07, 6.45) is 8.08. The fourth-order valence-corrected chi connectivity index (χ4v) is 7.63. The Balaban J connectivity index is 1.11. The third kappa shape index (κ3) is 3.73. The van der Waals surface area contributed by atoms with Gasteiger partial charge in [0.25, 0.3) is 0 Å². The quantitative estimate of drug-likeness (QED) is 0.637. The van der Waals surface area contributed by atoms with Gasteiger partial charge in [-0.1, -0.05) is 40.9 Å². The number of likely N-dealkylation sites (N-methyl/N-ethyl adjacent to an activating group) is 1. The van der Waals surface area contributed by atoms with Crippen molar-refractivity contribution in [1.29, 1.82) is 0 Å². The second-order valence-electron chi connectivity index (χ2n) is 11.5. The van der Waals surface area contributed by atoms with E-state index in [1.54, 1.807) is 0 Å². The standard InChI is InChI=1S/C27H37BrN4O2/c1-30-12-14-31(15-13-30)27(10-11-27)24(33)29-23-17-22-16-19(23)18-32(22)25(34)26(8-2-3-9-26)20-4-6-21(28)7-5-20/h4-7,19,22-23H,2-3,8-18H2,1H3,(H,29,33)/t19-,22-,23+/m1/s1. The predicted molar refractivity (Wildman–Crippen MR) is 135 cm³/mol. The number of amides is 2. The van der Waals surface area contributed by atoms with Crippen molar-refractivity contribution in [2.45, 2.75) is 74.4 Å². The molecule has 3 saturated carbocycles. The first kappa shape index (κ1) is 23.0. The zero-order valence-corrected chi connectivity index (χ0v) is 21.9. The van der Waals surface area contributed by atoms with Crippen LogP contribution < -0.4 is 5.32 Å². The summed E-state index contributed by atoms with van der Waals surface area (Å²) in [5.74, 6) is 0.972. The lowest BCUT2D eigenvalue weighted by atomic mass is 9.77. The Kier molecular flexibility index (Phi) is 5.81. The van der Waals surface area contributed by atoms with Gasteiger partial charge in [-0.15, -0.1) is 0 Å². The summed E-state index contributed by atoms with van der Waals surface area (Å²) in [7, 11) is 2.16. The Morgan fingerprint density at radius 3 is 2.24 bits per heavy atom. The molecule has 0 radical (unpaired) electrons. The Morgan fingerprint density at radius 2 is 1.65 bits per heavy atom. The minimum atomic E-state index is -0.358. The maximum atomic E-state index is 14.0. The van der Waals surface area contributed by atoms with E-state index < -0.39 is 0 Å². The zero-order chi connectivity index (χ0) is 23.5. The van der Waals surface area contributed by atoms with Gasteiger partial charge >= 0.3 is 0 Å². The Hall–Kier alpha value is -1.44. The number of rotatable bonds is 5. The van der Waals surface area contributed by atoms with Crippen LogP contribution in [-0.4, -0.2) is 83.9 Å². The normalized spacial score (nSPS) is 32.2. The fraction of sp³-hybridized carbons (Fsp3) is 0.704. The Morgan fingerprint density at radius 1 is 0.971 bits per heavy atom. The zero-order valence-electron chi connectivity index (χ0n) is 20.3. The lowest BCUT2D eigenvalue weighted by Gasteiger charge is -2.40. The maximum absolute atomic E-state index is 14.0. The molecule has 2 saturated heterocycles. The first-order valence-corrected chi connectivity index (χ1v) is 14.0. The number of piperazine rings is 1. The van der Waals surface area contributed by atoms with E-state index in [-0.39, 0.29) is 28.9 Å². The molecule has 3 atom stereocenters. The van der Waals surface area contributed by atoms with E-state index in [2.05, 4.69) is 67.3 Å². The summed E-state index contributed by atoms with van der Waals surface area (Å²) in [5, 5.41) is 3.46. The second kappa shape index (κ2) is 8.59. The highest BCUT2D eigenvalue weighted by Crippen LogP contribution is 2.48. The number of halogens is 1. The second-order valence-corrected chi connectivity index (χ2v) is 12.5. The van der Waals surface area contributed by atoms with Crippen LogP contribution in [0.2, 0.25) is 0 Å². The number of carbonyl (C=O) groups is 2. The molecule has 5 aliphatic rings. The Labute approximate surface area is 211 Å². The van der Waals surface area contributed by atoms with Gasteiger partial charge in [0.15, 0.2) is 0 Å². The summed E-state index contributed by atoms with van der Waals surface area (Å²) in [5.41, 5.74) is 0.561. The number of benzene rings is 1. The number of carbonyl (C=O) groups excluding carboxylic acids is 2. The van der Waals surface area contributed by atoms with Crippen LogP contribution in [0.3, 0.4) is 0 Å². The molecule has 2 heterocycles. The highest BCUT2D eigenvalue weighted by Gasteiger charge is 2.57. The molecule has 34 heavy (non-hydrogen) atoms. The number of hydrogen-bond donors (Lipinski definition) is 1. The number of fused-ring (bicyclic) bond motifs is 2. The first-order chi connectivity index (χ1) is 16.4. The van der Waals surface area contributed by atoms with Crippen molar-refractivity contribution in [2.24, 2.45) is 5.92 Å². The maximum Gasteiger partial charge on any atom is 0.240 e. The topological polar surface area (TPSA) is 55.9 Å². The molecule has 184 valence electrons. The largest absolute Gasteiger partial charge is 0.351 e. The summed E-state index contributed by atoms with van der Waals surface area (Å²) >= 11 is 3.54. The summed E-state index contributed by atoms with van der Waals surface area (Å²) in [6, 6.07) is 8.90. The molecule has 0 unspecified atom stereocenters. The van der Waals surface area contributed by atoms with Crippen LogP contribution in [0.4, 0.5) is 0 Å². The molecule has 1 aromatic carbocycles. The summed E-state index contributed by atoms with van der Waals surface area (Å²) < 4.78 is 1.06. The molecule has 1 N–H and O–H groups in total. The van der Waals surface area contributed by atoms with Crippen LogP contribution in [0.25, 0.3) is 0 Å². The van der Waals surface area contributed by atoms with Gasteiger partial charge in [0.1, 0.15) is 5.54 Å². The van der Waals surface area contributed by atoms with E-state index in [0.717, 1.165) is 88.6 Å². The van der Waals surface area contributed by atoms with E-state index in [0.29, 0.717) is 11.8 Å². The number of piperidine rings is 1. The van der Waals surface area contributed by atoms with E-state index in [4.69, 9.17) is 0 Å². The molecule has 3 aliphatic carbocycles. The smallest absolute Gasteiger partial charge is 0.240 e. The molecule has 6 nitrogen and oxygen atoms in total. The minimum Gasteiger partial charge on any atom is -0.351 e. The van der Waals surface area contributed by atoms with Gasteiger partial charge in [-0.2, -0.15) is 0 Å². The van der Waals surface area contributed by atoms with Crippen molar-refractivity contribution in [3.8, 4) is 0 Å². The molecular formula is C27H37BrN4O2. The molecule has 0 spiro atoms. The molecule has 5 fully saturated rings. The summed E-state index contributed by atoms with van der Waals surface area (Å²) in [6.45, 7) is 4.86. The monoisotopic (exact) mass is 528 g/mol. The van der Waals surface area contributed by atoms with E-state index >= 15 is 0 Å². The molecule has 6 rings (SSSR count). The van der Waals surface area contributed by atoms with Crippen LogP contribution in [0.5, 0.6) is 0 Å². The molecule has 0 aromatic heterocycles. The SMILES string of the molecule is CN1CCN(C2(C(=O)N[C@H]3C[C@H]4C[C@@H]3CN4C(=O)C3(c4ccc(Br)cc4)CCCC3)CC2)CC1. The van der Waals surface area contributed by atoms with Crippen LogP contribution in [0.1, 0.15) is 56.9 Å². The van der Waals surface area contributed by atoms with E-state index in [1.165, 1.54) is 5.56 Å². The van der Waals surface area contributed by atoms with Crippen LogP contribution in [0.15, 0.2) is 28.7 Å². The van der Waals surface area contributed by atoms with E-state index in [1.807, 2.05) is 0 Å². The van der Waals surface area contributed by atoms with Crippen LogP contribution >= 0.6 is 15.9 Å². The highest BCUT2D eigenvalue weighted by atomic mass is 79.9. The average Bonchev–Trinajstić information content (AvgIpc) is 3.16. The van der Waals surface area contributed by atoms with Crippen molar-refractivity contribution in [3.05, 3.63) is 34.3 Å². The van der Waals surface area contributed by atoms with Gasteiger partial charge in [-0.3, -0.25) is 14.5 Å². The van der Waals surface area contributed by atoms with Crippen molar-refractivity contribution >= 4 is 27.7 Å². The molecular weight excluding hydrogens is 492 g/mol. The lowest BCUT2D eigenvalue weighted by molar-refractivity contribution is -0.139. The van der Waals surface area contributed by atoms with Crippen LogP contribution in [0, 0.1) is 5.92 Å². The van der Waals surface area contributed by atoms with Crippen LogP contribution in [-0.2, 0) is 15.0 Å². The third-order valence-corrected chi connectivity index (χ3v) is 10.2.